The maximum Gasteiger partial charge on any atom is 0.340 e. The van der Waals surface area contributed by atoms with Crippen molar-refractivity contribution in [3.63, 3.8) is 0 Å². The van der Waals surface area contributed by atoms with Gasteiger partial charge in [0.2, 0.25) is 0 Å². The normalized spacial score (nSPS) is 12.9. The summed E-state index contributed by atoms with van der Waals surface area (Å²) in [4.78, 5) is 45.4. The molecule has 1 aliphatic rings. The van der Waals surface area contributed by atoms with Gasteiger partial charge in [0.1, 0.15) is 18.8 Å². The second-order valence-corrected chi connectivity index (χ2v) is 10.5. The topological polar surface area (TPSA) is 85.8 Å². The van der Waals surface area contributed by atoms with Crippen molar-refractivity contribution in [2.75, 3.05) is 6.54 Å². The summed E-state index contributed by atoms with van der Waals surface area (Å²) in [6, 6.07) is 14.1. The van der Waals surface area contributed by atoms with Crippen LogP contribution in [-0.4, -0.2) is 39.9 Å². The van der Waals surface area contributed by atoms with Gasteiger partial charge in [-0.2, -0.15) is 0 Å². The number of hydrogen-bond acceptors (Lipinski definition) is 6. The van der Waals surface area contributed by atoms with Crippen molar-refractivity contribution < 1.29 is 23.9 Å². The molecule has 0 saturated carbocycles. The summed E-state index contributed by atoms with van der Waals surface area (Å²) < 4.78 is 11.0. The number of nitrogens with zero attached hydrogens (tertiary/aromatic N) is 2. The van der Waals surface area contributed by atoms with Gasteiger partial charge in [0.25, 0.3) is 5.91 Å². The molecule has 0 aliphatic carbocycles. The van der Waals surface area contributed by atoms with Crippen LogP contribution in [0.15, 0.2) is 48.5 Å². The second kappa shape index (κ2) is 10.5. The fourth-order valence-corrected chi connectivity index (χ4v) is 4.69. The van der Waals surface area contributed by atoms with Gasteiger partial charge in [-0.25, -0.2) is 4.79 Å². The molecule has 9 heteroatoms. The fraction of sp³-hybridized carbons (Fsp3) is 0.286. The number of aryl methyl sites for hydroxylation is 1. The van der Waals surface area contributed by atoms with Gasteiger partial charge in [0.15, 0.2) is 0 Å². The summed E-state index contributed by atoms with van der Waals surface area (Å²) in [6.07, 6.45) is 0. The lowest BCUT2D eigenvalue weighted by molar-refractivity contribution is -0.155. The van der Waals surface area contributed by atoms with Crippen LogP contribution in [0.3, 0.4) is 0 Å². The van der Waals surface area contributed by atoms with Crippen LogP contribution in [0.5, 0.6) is 0 Å². The van der Waals surface area contributed by atoms with E-state index in [0.29, 0.717) is 27.5 Å². The van der Waals surface area contributed by atoms with E-state index in [1.54, 1.807) is 39.8 Å². The van der Waals surface area contributed by atoms with Gasteiger partial charge in [-0.15, -0.1) is 0 Å². The molecule has 1 aliphatic heterocycles. The zero-order valence-corrected chi connectivity index (χ0v) is 22.4. The highest BCUT2D eigenvalue weighted by Crippen LogP contribution is 2.40. The summed E-state index contributed by atoms with van der Waals surface area (Å²) in [6.45, 7) is 6.81. The third-order valence-corrected chi connectivity index (χ3v) is 6.20. The van der Waals surface area contributed by atoms with Gasteiger partial charge in [0, 0.05) is 21.2 Å². The van der Waals surface area contributed by atoms with Crippen LogP contribution >= 0.6 is 23.2 Å². The highest BCUT2D eigenvalue weighted by Gasteiger charge is 2.37. The molecule has 37 heavy (non-hydrogen) atoms. The smallest absolute Gasteiger partial charge is 0.340 e. The average Bonchev–Trinajstić information content (AvgIpc) is 3.10. The predicted octanol–water partition coefficient (Wildman–Crippen LogP) is 6.02. The third-order valence-electron chi connectivity index (χ3n) is 5.65. The number of ether oxygens (including phenoxy) is 2. The van der Waals surface area contributed by atoms with Crippen LogP contribution in [0.4, 0.5) is 0 Å². The van der Waals surface area contributed by atoms with Gasteiger partial charge in [-0.1, -0.05) is 59.6 Å². The Kier molecular flexibility index (Phi) is 7.57. The molecule has 192 valence electrons. The lowest BCUT2D eigenvalue weighted by atomic mass is 9.93. The van der Waals surface area contributed by atoms with E-state index < -0.39 is 23.4 Å². The van der Waals surface area contributed by atoms with Crippen LogP contribution in [0, 0.1) is 6.92 Å². The lowest BCUT2D eigenvalue weighted by Gasteiger charge is -2.22. The van der Waals surface area contributed by atoms with E-state index in [4.69, 9.17) is 32.7 Å². The van der Waals surface area contributed by atoms with Gasteiger partial charge in [-0.05, 0) is 45.4 Å². The molecule has 2 heterocycles. The van der Waals surface area contributed by atoms with Crippen molar-refractivity contribution in [2.45, 2.75) is 46.4 Å². The maximum atomic E-state index is 13.6. The molecule has 2 aromatic carbocycles. The Morgan fingerprint density at radius 3 is 2.41 bits per heavy atom. The third kappa shape index (κ3) is 5.95. The summed E-state index contributed by atoms with van der Waals surface area (Å²) in [5.74, 6) is -1.64. The van der Waals surface area contributed by atoms with Crippen molar-refractivity contribution in [3.8, 4) is 11.1 Å². The minimum Gasteiger partial charge on any atom is -0.459 e. The van der Waals surface area contributed by atoms with Gasteiger partial charge in [0.05, 0.1) is 29.1 Å². The minimum absolute atomic E-state index is 0.0443. The SMILES string of the molecule is Cc1nc2c(c(-c3ccc(Cl)cc3Cl)c1C(=O)OCc1ccccc1)C(=O)N(CC(=O)OC(C)(C)C)C2. The Morgan fingerprint density at radius 1 is 1.05 bits per heavy atom. The zero-order chi connectivity index (χ0) is 26.9. The number of carbonyl (C=O) groups is 3. The van der Waals surface area contributed by atoms with Crippen molar-refractivity contribution in [2.24, 2.45) is 0 Å². The summed E-state index contributed by atoms with van der Waals surface area (Å²) in [7, 11) is 0. The average molecular weight is 541 g/mol. The number of halogens is 2. The number of hydrogen-bond donors (Lipinski definition) is 0. The largest absolute Gasteiger partial charge is 0.459 e. The Hall–Kier alpha value is -3.42. The van der Waals surface area contributed by atoms with Gasteiger partial charge in [-0.3, -0.25) is 14.6 Å². The summed E-state index contributed by atoms with van der Waals surface area (Å²) >= 11 is 12.7. The number of rotatable bonds is 6. The molecule has 1 aromatic heterocycles. The van der Waals surface area contributed by atoms with E-state index in [-0.39, 0.29) is 35.8 Å². The monoisotopic (exact) mass is 540 g/mol. The van der Waals surface area contributed by atoms with E-state index in [0.717, 1.165) is 5.56 Å². The first-order chi connectivity index (χ1) is 17.4. The van der Waals surface area contributed by atoms with Crippen LogP contribution < -0.4 is 0 Å². The molecule has 0 N–H and O–H groups in total. The van der Waals surface area contributed by atoms with Gasteiger partial charge >= 0.3 is 11.9 Å². The number of esters is 2. The number of carbonyl (C=O) groups excluding carboxylic acids is 3. The molecule has 7 nitrogen and oxygen atoms in total. The number of aromatic nitrogens is 1. The number of pyridine rings is 1. The molecular formula is C28H26Cl2N2O5. The minimum atomic E-state index is -0.695. The zero-order valence-electron chi connectivity index (χ0n) is 20.9. The molecule has 0 saturated heterocycles. The van der Waals surface area contributed by atoms with E-state index in [2.05, 4.69) is 4.98 Å². The van der Waals surface area contributed by atoms with Crippen molar-refractivity contribution >= 4 is 41.0 Å². The van der Waals surface area contributed by atoms with Crippen molar-refractivity contribution in [3.05, 3.63) is 86.7 Å². The first kappa shape index (κ1) is 26.6. The Labute approximate surface area is 225 Å². The molecule has 0 bridgehead atoms. The molecule has 3 aromatic rings. The van der Waals surface area contributed by atoms with E-state index in [9.17, 15) is 14.4 Å². The van der Waals surface area contributed by atoms with Crippen molar-refractivity contribution in [1.29, 1.82) is 0 Å². The molecule has 0 atom stereocenters. The van der Waals surface area contributed by atoms with Crippen LogP contribution in [0.25, 0.3) is 11.1 Å². The summed E-state index contributed by atoms with van der Waals surface area (Å²) in [5, 5.41) is 0.665. The van der Waals surface area contributed by atoms with Crippen LogP contribution in [0.1, 0.15) is 58.4 Å². The fourth-order valence-electron chi connectivity index (χ4n) is 4.18. The molecule has 0 radical (unpaired) electrons. The molecule has 0 unspecified atom stereocenters. The standard InChI is InChI=1S/C28H26Cl2N2O5/c1-16-23(27(35)36-15-17-8-6-5-7-9-17)24(19-11-10-18(29)12-20(19)30)25-21(31-16)13-32(26(25)34)14-22(33)37-28(2,3)4/h5-12H,13-15H2,1-4H3. The highest BCUT2D eigenvalue weighted by atomic mass is 35.5. The molecular weight excluding hydrogens is 515 g/mol. The Balaban J connectivity index is 1.77. The van der Waals surface area contributed by atoms with Gasteiger partial charge < -0.3 is 14.4 Å². The molecule has 4 rings (SSSR count). The number of amides is 1. The Bertz CT molecular complexity index is 1380. The van der Waals surface area contributed by atoms with Crippen molar-refractivity contribution in [1.82, 2.24) is 9.88 Å². The second-order valence-electron chi connectivity index (χ2n) is 9.70. The lowest BCUT2D eigenvalue weighted by Crippen LogP contribution is -2.35. The van der Waals surface area contributed by atoms with E-state index in [1.807, 2.05) is 30.3 Å². The van der Waals surface area contributed by atoms with Crippen LogP contribution in [0.2, 0.25) is 10.0 Å². The van der Waals surface area contributed by atoms with E-state index >= 15 is 0 Å². The molecule has 0 spiro atoms. The number of fused-ring (bicyclic) bond motifs is 1. The summed E-state index contributed by atoms with van der Waals surface area (Å²) in [5.41, 5.74) is 2.01. The Morgan fingerprint density at radius 2 is 1.76 bits per heavy atom. The number of benzene rings is 2. The van der Waals surface area contributed by atoms with Crippen LogP contribution in [-0.2, 0) is 27.4 Å². The van der Waals surface area contributed by atoms with E-state index in [1.165, 1.54) is 11.0 Å². The molecule has 0 fully saturated rings. The predicted molar refractivity (Wildman–Crippen MR) is 141 cm³/mol. The molecule has 1 amide bonds. The maximum absolute atomic E-state index is 13.6. The first-order valence-corrected chi connectivity index (χ1v) is 12.4. The first-order valence-electron chi connectivity index (χ1n) is 11.7. The quantitative estimate of drug-likeness (QED) is 0.355. The highest BCUT2D eigenvalue weighted by molar-refractivity contribution is 6.37.